The Morgan fingerprint density at radius 1 is 1.21 bits per heavy atom. The number of hydrogen-bond donors (Lipinski definition) is 2. The molecule has 1 heterocycles. The predicted octanol–water partition coefficient (Wildman–Crippen LogP) is 5.04. The van der Waals surface area contributed by atoms with Crippen molar-refractivity contribution in [2.24, 2.45) is 4.99 Å². The number of thiazole rings is 1. The van der Waals surface area contributed by atoms with Gasteiger partial charge in [-0.15, -0.1) is 35.3 Å². The number of aromatic nitrogens is 1. The van der Waals surface area contributed by atoms with Crippen LogP contribution < -0.4 is 20.1 Å². The van der Waals surface area contributed by atoms with E-state index < -0.39 is 0 Å². The predicted molar refractivity (Wildman–Crippen MR) is 129 cm³/mol. The van der Waals surface area contributed by atoms with Crippen LogP contribution in [0.5, 0.6) is 11.5 Å². The van der Waals surface area contributed by atoms with Crippen LogP contribution in [0.15, 0.2) is 28.6 Å². The van der Waals surface area contributed by atoms with Gasteiger partial charge in [0.25, 0.3) is 0 Å². The lowest BCUT2D eigenvalue weighted by Crippen LogP contribution is -2.30. The molecular weight excluding hydrogens is 487 g/mol. The number of ether oxygens (including phenoxy) is 2. The van der Waals surface area contributed by atoms with Gasteiger partial charge < -0.3 is 20.1 Å². The summed E-state index contributed by atoms with van der Waals surface area (Å²) in [6.07, 6.45) is 0. The zero-order valence-electron chi connectivity index (χ0n) is 17.5. The molecule has 2 rings (SSSR count). The topological polar surface area (TPSA) is 67.8 Å². The molecule has 0 saturated heterocycles. The van der Waals surface area contributed by atoms with Gasteiger partial charge in [-0.05, 0) is 26.0 Å². The highest BCUT2D eigenvalue weighted by Crippen LogP contribution is 2.30. The standard InChI is InChI=1S/C20H30N4O2S.HI/c1-7-21-19(22-12-15-13-27-18(23-15)20(3,4)5)24-14-9-10-16(26-8-2)17(11-14)25-6;/h9-11,13H,7-8,12H2,1-6H3,(H2,21,22,24);1H. The molecule has 2 N–H and O–H groups in total. The minimum atomic E-state index is 0. The number of rotatable bonds is 7. The summed E-state index contributed by atoms with van der Waals surface area (Å²) in [6, 6.07) is 5.74. The van der Waals surface area contributed by atoms with Crippen molar-refractivity contribution in [1.29, 1.82) is 0 Å². The molecule has 1 aromatic carbocycles. The minimum absolute atomic E-state index is 0. The SMILES string of the molecule is CCNC(=NCc1csc(C(C)(C)C)n1)Nc1ccc(OCC)c(OC)c1.I. The van der Waals surface area contributed by atoms with E-state index in [4.69, 9.17) is 14.5 Å². The maximum absolute atomic E-state index is 5.56. The van der Waals surface area contributed by atoms with Crippen LogP contribution in [0.4, 0.5) is 5.69 Å². The highest BCUT2D eigenvalue weighted by Gasteiger charge is 2.17. The van der Waals surface area contributed by atoms with Crippen LogP contribution in [0.2, 0.25) is 0 Å². The van der Waals surface area contributed by atoms with Crippen LogP contribution in [0.25, 0.3) is 0 Å². The number of methoxy groups -OCH3 is 1. The van der Waals surface area contributed by atoms with Crippen molar-refractivity contribution in [3.05, 3.63) is 34.3 Å². The van der Waals surface area contributed by atoms with Gasteiger partial charge in [0.05, 0.1) is 31.0 Å². The van der Waals surface area contributed by atoms with Gasteiger partial charge in [0.15, 0.2) is 17.5 Å². The maximum atomic E-state index is 5.56. The fraction of sp³-hybridized carbons (Fsp3) is 0.500. The molecular formula is C20H31IN4O2S. The number of guanidine groups is 1. The van der Waals surface area contributed by atoms with Crippen LogP contribution in [-0.4, -0.2) is 31.2 Å². The maximum Gasteiger partial charge on any atom is 0.196 e. The molecule has 0 spiro atoms. The highest BCUT2D eigenvalue weighted by atomic mass is 127. The van der Waals surface area contributed by atoms with E-state index in [1.54, 1.807) is 18.4 Å². The number of hydrogen-bond acceptors (Lipinski definition) is 5. The number of nitrogens with one attached hydrogen (secondary N) is 2. The molecule has 2 aromatic rings. The zero-order chi connectivity index (χ0) is 19.9. The van der Waals surface area contributed by atoms with E-state index in [2.05, 4.69) is 41.8 Å². The molecule has 156 valence electrons. The molecule has 0 aliphatic carbocycles. The third-order valence-electron chi connectivity index (χ3n) is 3.66. The first-order chi connectivity index (χ1) is 12.9. The summed E-state index contributed by atoms with van der Waals surface area (Å²) in [7, 11) is 1.63. The first kappa shape index (κ1) is 24.5. The third-order valence-corrected chi connectivity index (χ3v) is 4.98. The molecule has 0 unspecified atom stereocenters. The van der Waals surface area contributed by atoms with E-state index in [9.17, 15) is 0 Å². The zero-order valence-corrected chi connectivity index (χ0v) is 20.6. The molecule has 8 heteroatoms. The van der Waals surface area contributed by atoms with Crippen molar-refractivity contribution in [1.82, 2.24) is 10.3 Å². The minimum Gasteiger partial charge on any atom is -0.493 e. The van der Waals surface area contributed by atoms with Gasteiger partial charge in [-0.25, -0.2) is 9.98 Å². The monoisotopic (exact) mass is 518 g/mol. The van der Waals surface area contributed by atoms with E-state index in [0.29, 0.717) is 24.9 Å². The van der Waals surface area contributed by atoms with Crippen LogP contribution in [0.3, 0.4) is 0 Å². The average molecular weight is 518 g/mol. The van der Waals surface area contributed by atoms with E-state index >= 15 is 0 Å². The molecule has 1 aromatic heterocycles. The lowest BCUT2D eigenvalue weighted by Gasteiger charge is -2.14. The third kappa shape index (κ3) is 7.12. The van der Waals surface area contributed by atoms with E-state index in [-0.39, 0.29) is 29.4 Å². The van der Waals surface area contributed by atoms with Crippen molar-refractivity contribution in [3.8, 4) is 11.5 Å². The second kappa shape index (κ2) is 11.5. The van der Waals surface area contributed by atoms with E-state index in [1.165, 1.54) is 0 Å². The van der Waals surface area contributed by atoms with Gasteiger partial charge in [0, 0.05) is 29.1 Å². The van der Waals surface area contributed by atoms with Gasteiger partial charge in [-0.2, -0.15) is 0 Å². The Morgan fingerprint density at radius 2 is 1.96 bits per heavy atom. The first-order valence-electron chi connectivity index (χ1n) is 9.18. The fourth-order valence-electron chi connectivity index (χ4n) is 2.35. The molecule has 0 aliphatic heterocycles. The summed E-state index contributed by atoms with van der Waals surface area (Å²) in [6.45, 7) is 12.4. The smallest absolute Gasteiger partial charge is 0.196 e. The molecule has 0 aliphatic rings. The van der Waals surface area contributed by atoms with Crippen molar-refractivity contribution >= 4 is 47.0 Å². The Bertz CT molecular complexity index is 772. The van der Waals surface area contributed by atoms with Crippen LogP contribution in [0, 0.1) is 0 Å². The summed E-state index contributed by atoms with van der Waals surface area (Å²) < 4.78 is 11.0. The van der Waals surface area contributed by atoms with E-state index in [1.807, 2.05) is 32.0 Å². The fourth-order valence-corrected chi connectivity index (χ4v) is 3.25. The molecule has 6 nitrogen and oxygen atoms in total. The van der Waals surface area contributed by atoms with Gasteiger partial charge >= 0.3 is 0 Å². The van der Waals surface area contributed by atoms with Gasteiger partial charge in [0.1, 0.15) is 0 Å². The molecule has 0 atom stereocenters. The highest BCUT2D eigenvalue weighted by molar-refractivity contribution is 14.0. The summed E-state index contributed by atoms with van der Waals surface area (Å²) in [5, 5.41) is 9.77. The second-order valence-corrected chi connectivity index (χ2v) is 7.87. The number of anilines is 1. The van der Waals surface area contributed by atoms with Crippen molar-refractivity contribution < 1.29 is 9.47 Å². The van der Waals surface area contributed by atoms with Crippen molar-refractivity contribution in [2.45, 2.75) is 46.6 Å². The summed E-state index contributed by atoms with van der Waals surface area (Å²) in [5.74, 6) is 2.12. The number of aliphatic imine (C=N–C) groups is 1. The Morgan fingerprint density at radius 3 is 2.54 bits per heavy atom. The molecule has 0 amide bonds. The Labute approximate surface area is 189 Å². The van der Waals surface area contributed by atoms with Gasteiger partial charge in [-0.1, -0.05) is 20.8 Å². The van der Waals surface area contributed by atoms with Crippen LogP contribution >= 0.6 is 35.3 Å². The number of halogens is 1. The second-order valence-electron chi connectivity index (χ2n) is 7.01. The van der Waals surface area contributed by atoms with Crippen LogP contribution in [0.1, 0.15) is 45.3 Å². The molecule has 0 radical (unpaired) electrons. The summed E-state index contributed by atoms with van der Waals surface area (Å²) in [4.78, 5) is 9.35. The summed E-state index contributed by atoms with van der Waals surface area (Å²) >= 11 is 1.69. The first-order valence-corrected chi connectivity index (χ1v) is 10.1. The van der Waals surface area contributed by atoms with E-state index in [0.717, 1.165) is 28.7 Å². The average Bonchev–Trinajstić information content (AvgIpc) is 3.11. The van der Waals surface area contributed by atoms with Gasteiger partial charge in [-0.3, -0.25) is 0 Å². The Balaban J connectivity index is 0.00000392. The molecule has 28 heavy (non-hydrogen) atoms. The molecule has 0 fully saturated rings. The quantitative estimate of drug-likeness (QED) is 0.305. The number of nitrogens with zero attached hydrogens (tertiary/aromatic N) is 2. The lowest BCUT2D eigenvalue weighted by atomic mass is 9.98. The summed E-state index contributed by atoms with van der Waals surface area (Å²) in [5.41, 5.74) is 1.92. The molecule has 0 saturated carbocycles. The van der Waals surface area contributed by atoms with Crippen LogP contribution in [-0.2, 0) is 12.0 Å². The van der Waals surface area contributed by atoms with Crippen molar-refractivity contribution in [2.75, 3.05) is 25.6 Å². The number of benzene rings is 1. The molecule has 0 bridgehead atoms. The Kier molecular flexibility index (Phi) is 10.0. The van der Waals surface area contributed by atoms with Crippen molar-refractivity contribution in [3.63, 3.8) is 0 Å². The van der Waals surface area contributed by atoms with Gasteiger partial charge in [0.2, 0.25) is 0 Å². The Hall–Kier alpha value is -1.55. The normalized spacial score (nSPS) is 11.6. The largest absolute Gasteiger partial charge is 0.493 e. The lowest BCUT2D eigenvalue weighted by molar-refractivity contribution is 0.311.